The first kappa shape index (κ1) is 12.0. The van der Waals surface area contributed by atoms with E-state index >= 15 is 0 Å². The van der Waals surface area contributed by atoms with Gasteiger partial charge in [0.25, 0.3) is 0 Å². The van der Waals surface area contributed by atoms with Crippen molar-refractivity contribution >= 4 is 22.4 Å². The first-order chi connectivity index (χ1) is 7.65. The van der Waals surface area contributed by atoms with E-state index in [1.54, 1.807) is 6.92 Å². The fraction of sp³-hybridized carbons (Fsp3) is 0.154. The molecule has 0 saturated carbocycles. The van der Waals surface area contributed by atoms with Crippen molar-refractivity contribution in [1.29, 1.82) is 0 Å². The number of hydrogen-bond acceptors (Lipinski definition) is 2. The van der Waals surface area contributed by atoms with E-state index in [9.17, 15) is 4.79 Å². The van der Waals surface area contributed by atoms with Crippen LogP contribution in [-0.4, -0.2) is 11.1 Å². The van der Waals surface area contributed by atoms with Gasteiger partial charge in [0.1, 0.15) is 0 Å². The van der Waals surface area contributed by atoms with Gasteiger partial charge in [-0.25, -0.2) is 0 Å². The van der Waals surface area contributed by atoms with Crippen LogP contribution in [0.25, 0.3) is 10.8 Å². The minimum Gasteiger partial charge on any atom is -0.481 e. The molecule has 2 aromatic rings. The molecule has 0 bridgehead atoms. The number of nitrogens with two attached hydrogens (primary N) is 1. The van der Waals surface area contributed by atoms with Gasteiger partial charge in [0, 0.05) is 17.5 Å². The van der Waals surface area contributed by atoms with E-state index in [1.807, 2.05) is 30.3 Å². The molecule has 0 spiro atoms. The summed E-state index contributed by atoms with van der Waals surface area (Å²) in [5.41, 5.74) is 6.61. The Balaban J connectivity index is 0.000000221. The van der Waals surface area contributed by atoms with Crippen LogP contribution in [0.4, 0.5) is 5.69 Å². The Morgan fingerprint density at radius 2 is 1.75 bits per heavy atom. The van der Waals surface area contributed by atoms with E-state index in [4.69, 9.17) is 10.8 Å². The minimum atomic E-state index is -0.745. The van der Waals surface area contributed by atoms with E-state index in [0.717, 1.165) is 11.1 Å². The Morgan fingerprint density at radius 3 is 2.31 bits per heavy atom. The van der Waals surface area contributed by atoms with Crippen LogP contribution in [0.5, 0.6) is 0 Å². The molecule has 0 aliphatic carbocycles. The summed E-state index contributed by atoms with van der Waals surface area (Å²) in [6.45, 7) is 1.60. The van der Waals surface area contributed by atoms with Crippen molar-refractivity contribution < 1.29 is 9.90 Å². The summed E-state index contributed by atoms with van der Waals surface area (Å²) in [6, 6.07) is 14.1. The average Bonchev–Trinajstić information content (AvgIpc) is 2.30. The SMILES string of the molecule is CCC(=O)O.Nc1cccc2ccccc12. The van der Waals surface area contributed by atoms with Gasteiger partial charge in [-0.3, -0.25) is 4.79 Å². The molecule has 2 rings (SSSR count). The van der Waals surface area contributed by atoms with Crippen molar-refractivity contribution in [2.24, 2.45) is 0 Å². The maximum absolute atomic E-state index is 9.37. The zero-order chi connectivity index (χ0) is 12.0. The number of carboxylic acids is 1. The summed E-state index contributed by atoms with van der Waals surface area (Å²) in [4.78, 5) is 9.37. The summed E-state index contributed by atoms with van der Waals surface area (Å²) in [5, 5.41) is 10.1. The standard InChI is InChI=1S/C10H9N.C3H6O2/c11-10-7-3-5-8-4-1-2-6-9(8)10;1-2-3(4)5/h1-7H,11H2;2H2,1H3,(H,4,5). The molecular weight excluding hydrogens is 202 g/mol. The summed E-state index contributed by atoms with van der Waals surface area (Å²) < 4.78 is 0. The Kier molecular flexibility index (Phi) is 4.33. The number of aliphatic carboxylic acids is 1. The summed E-state index contributed by atoms with van der Waals surface area (Å²) in [6.07, 6.45) is 0.222. The first-order valence-corrected chi connectivity index (χ1v) is 5.10. The van der Waals surface area contributed by atoms with Crippen molar-refractivity contribution in [1.82, 2.24) is 0 Å². The minimum absolute atomic E-state index is 0.222. The highest BCUT2D eigenvalue weighted by Crippen LogP contribution is 2.19. The number of anilines is 1. The van der Waals surface area contributed by atoms with Gasteiger partial charge in [0.05, 0.1) is 0 Å². The van der Waals surface area contributed by atoms with E-state index in [-0.39, 0.29) is 6.42 Å². The number of carbonyl (C=O) groups is 1. The van der Waals surface area contributed by atoms with Crippen LogP contribution in [0.15, 0.2) is 42.5 Å². The second kappa shape index (κ2) is 5.75. The molecule has 0 atom stereocenters. The van der Waals surface area contributed by atoms with E-state index in [1.165, 1.54) is 5.39 Å². The monoisotopic (exact) mass is 217 g/mol. The number of hydrogen-bond donors (Lipinski definition) is 2. The van der Waals surface area contributed by atoms with Gasteiger partial charge in [-0.1, -0.05) is 43.3 Å². The fourth-order valence-corrected chi connectivity index (χ4v) is 1.25. The van der Waals surface area contributed by atoms with Gasteiger partial charge >= 0.3 is 5.97 Å². The molecule has 0 aromatic heterocycles. The van der Waals surface area contributed by atoms with Gasteiger partial charge in [-0.2, -0.15) is 0 Å². The van der Waals surface area contributed by atoms with Crippen LogP contribution in [0.1, 0.15) is 13.3 Å². The third-order valence-electron chi connectivity index (χ3n) is 2.13. The zero-order valence-electron chi connectivity index (χ0n) is 9.18. The summed E-state index contributed by atoms with van der Waals surface area (Å²) >= 11 is 0. The number of fused-ring (bicyclic) bond motifs is 1. The Hall–Kier alpha value is -2.03. The van der Waals surface area contributed by atoms with Crippen LogP contribution in [0.2, 0.25) is 0 Å². The zero-order valence-corrected chi connectivity index (χ0v) is 9.18. The van der Waals surface area contributed by atoms with Gasteiger partial charge < -0.3 is 10.8 Å². The first-order valence-electron chi connectivity index (χ1n) is 5.10. The van der Waals surface area contributed by atoms with Crippen molar-refractivity contribution in [2.75, 3.05) is 5.73 Å². The highest BCUT2D eigenvalue weighted by Gasteiger charge is 1.92. The topological polar surface area (TPSA) is 63.3 Å². The van der Waals surface area contributed by atoms with Crippen LogP contribution < -0.4 is 5.73 Å². The number of benzene rings is 2. The molecule has 0 fully saturated rings. The maximum atomic E-state index is 9.37. The van der Waals surface area contributed by atoms with E-state index in [2.05, 4.69) is 12.1 Å². The molecule has 0 aliphatic heterocycles. The average molecular weight is 217 g/mol. The summed E-state index contributed by atoms with van der Waals surface area (Å²) in [5.74, 6) is -0.745. The van der Waals surface area contributed by atoms with E-state index < -0.39 is 5.97 Å². The molecule has 3 N–H and O–H groups in total. The quantitative estimate of drug-likeness (QED) is 0.722. The van der Waals surface area contributed by atoms with E-state index in [0.29, 0.717) is 0 Å². The van der Waals surface area contributed by atoms with Gasteiger partial charge in [-0.15, -0.1) is 0 Å². The van der Waals surface area contributed by atoms with Crippen molar-refractivity contribution in [3.63, 3.8) is 0 Å². The Labute approximate surface area is 94.5 Å². The highest BCUT2D eigenvalue weighted by atomic mass is 16.4. The highest BCUT2D eigenvalue weighted by molar-refractivity contribution is 5.92. The maximum Gasteiger partial charge on any atom is 0.303 e. The molecule has 16 heavy (non-hydrogen) atoms. The van der Waals surface area contributed by atoms with Gasteiger partial charge in [0.15, 0.2) is 0 Å². The lowest BCUT2D eigenvalue weighted by atomic mass is 10.1. The molecule has 0 radical (unpaired) electrons. The number of rotatable bonds is 1. The van der Waals surface area contributed by atoms with Crippen LogP contribution in [0.3, 0.4) is 0 Å². The second-order valence-corrected chi connectivity index (χ2v) is 3.32. The lowest BCUT2D eigenvalue weighted by Crippen LogP contribution is -1.86. The van der Waals surface area contributed by atoms with Gasteiger partial charge in [-0.05, 0) is 11.5 Å². The van der Waals surface area contributed by atoms with Gasteiger partial charge in [0.2, 0.25) is 0 Å². The molecular formula is C13H15NO2. The lowest BCUT2D eigenvalue weighted by Gasteiger charge is -1.98. The van der Waals surface area contributed by atoms with Crippen molar-refractivity contribution in [2.45, 2.75) is 13.3 Å². The van der Waals surface area contributed by atoms with Crippen LogP contribution in [-0.2, 0) is 4.79 Å². The van der Waals surface area contributed by atoms with Crippen molar-refractivity contribution in [3.8, 4) is 0 Å². The largest absolute Gasteiger partial charge is 0.481 e. The van der Waals surface area contributed by atoms with Crippen LogP contribution in [0, 0.1) is 0 Å². The van der Waals surface area contributed by atoms with Crippen molar-refractivity contribution in [3.05, 3.63) is 42.5 Å². The lowest BCUT2D eigenvalue weighted by molar-refractivity contribution is -0.136. The Morgan fingerprint density at radius 1 is 1.19 bits per heavy atom. The summed E-state index contributed by atoms with van der Waals surface area (Å²) in [7, 11) is 0. The Bertz CT molecular complexity index is 475. The molecule has 3 heteroatoms. The molecule has 84 valence electrons. The third-order valence-corrected chi connectivity index (χ3v) is 2.13. The predicted octanol–water partition coefficient (Wildman–Crippen LogP) is 2.90. The number of nitrogen functional groups attached to an aromatic ring is 1. The smallest absolute Gasteiger partial charge is 0.303 e. The fourth-order valence-electron chi connectivity index (χ4n) is 1.25. The molecule has 3 nitrogen and oxygen atoms in total. The third kappa shape index (κ3) is 3.28. The molecule has 0 aliphatic rings. The molecule has 0 heterocycles. The molecule has 0 saturated heterocycles. The molecule has 2 aromatic carbocycles. The number of carboxylic acid groups (broad SMARTS) is 1. The predicted molar refractivity (Wildman–Crippen MR) is 66.3 cm³/mol. The normalized spacial score (nSPS) is 9.31. The molecule has 0 unspecified atom stereocenters. The van der Waals surface area contributed by atoms with Crippen LogP contribution >= 0.6 is 0 Å². The second-order valence-electron chi connectivity index (χ2n) is 3.32. The molecule has 0 amide bonds.